The molecule has 0 saturated carbocycles. The summed E-state index contributed by atoms with van der Waals surface area (Å²) in [6, 6.07) is 3.46. The quantitative estimate of drug-likeness (QED) is 0.152. The molecular formula is C11H8F2I3O5S-. The molecule has 0 aliphatic rings. The van der Waals surface area contributed by atoms with Crippen LogP contribution in [0.15, 0.2) is 12.1 Å². The number of halogens is 5. The highest BCUT2D eigenvalue weighted by molar-refractivity contribution is 14.1. The van der Waals surface area contributed by atoms with Gasteiger partial charge in [0.1, 0.15) is 0 Å². The molecule has 124 valence electrons. The zero-order valence-corrected chi connectivity index (χ0v) is 17.9. The molecule has 0 aliphatic carbocycles. The van der Waals surface area contributed by atoms with Gasteiger partial charge >= 0.3 is 11.2 Å². The number of alkyl halides is 2. The van der Waals surface area contributed by atoms with Crippen molar-refractivity contribution in [3.8, 4) is 0 Å². The Morgan fingerprint density at radius 3 is 2.41 bits per heavy atom. The van der Waals surface area contributed by atoms with Crippen molar-refractivity contribution in [1.29, 1.82) is 0 Å². The van der Waals surface area contributed by atoms with Crippen LogP contribution in [-0.4, -0.2) is 30.8 Å². The Balaban J connectivity index is 2.62. The molecule has 0 fully saturated rings. The van der Waals surface area contributed by atoms with Crippen LogP contribution in [0.3, 0.4) is 0 Å². The Bertz CT molecular complexity index is 679. The van der Waals surface area contributed by atoms with Crippen molar-refractivity contribution in [3.05, 3.63) is 28.4 Å². The summed E-state index contributed by atoms with van der Waals surface area (Å²) < 4.78 is 63.9. The average molecular weight is 671 g/mol. The molecule has 0 N–H and O–H groups in total. The van der Waals surface area contributed by atoms with Gasteiger partial charge in [-0.3, -0.25) is 0 Å². The van der Waals surface area contributed by atoms with Crippen molar-refractivity contribution in [2.75, 3.05) is 6.61 Å². The highest BCUT2D eigenvalue weighted by atomic mass is 127. The highest BCUT2D eigenvalue weighted by Gasteiger charge is 2.36. The van der Waals surface area contributed by atoms with Gasteiger partial charge < -0.3 is 9.29 Å². The van der Waals surface area contributed by atoms with Crippen LogP contribution in [0.4, 0.5) is 8.78 Å². The molecule has 1 aromatic rings. The fourth-order valence-corrected chi connectivity index (χ4v) is 4.12. The maximum atomic E-state index is 12.9. The third kappa shape index (κ3) is 5.62. The second kappa shape index (κ2) is 8.15. The summed E-state index contributed by atoms with van der Waals surface area (Å²) in [6.45, 7) is -0.401. The van der Waals surface area contributed by atoms with E-state index in [2.05, 4.69) is 22.6 Å². The van der Waals surface area contributed by atoms with Crippen molar-refractivity contribution in [2.24, 2.45) is 0 Å². The number of hydrogen-bond acceptors (Lipinski definition) is 5. The number of carbonyl (C=O) groups excluding carboxylic acids is 1. The first-order valence-corrected chi connectivity index (χ1v) is 10.2. The van der Waals surface area contributed by atoms with Gasteiger partial charge in [-0.1, -0.05) is 0 Å². The SMILES string of the molecule is O=C(OCCCC(F)(F)S(=O)(=O)[O-])c1cc(I)cc(I)c1I. The zero-order valence-electron chi connectivity index (χ0n) is 10.6. The summed E-state index contributed by atoms with van der Waals surface area (Å²) in [6.07, 6.45) is -1.62. The van der Waals surface area contributed by atoms with Crippen LogP contribution in [0.5, 0.6) is 0 Å². The van der Waals surface area contributed by atoms with Gasteiger partial charge in [-0.25, -0.2) is 13.2 Å². The van der Waals surface area contributed by atoms with Crippen molar-refractivity contribution >= 4 is 83.9 Å². The monoisotopic (exact) mass is 671 g/mol. The summed E-state index contributed by atoms with van der Waals surface area (Å²) in [5.74, 6) is -0.686. The molecule has 0 atom stereocenters. The standard InChI is InChI=1S/C11H9F2I3O5S/c12-11(13,22(18,19)20)2-1-3-21-10(17)7-4-6(14)5-8(15)9(7)16/h4-5H,1-3H2,(H,18,19,20)/p-1. The predicted molar refractivity (Wildman–Crippen MR) is 98.8 cm³/mol. The van der Waals surface area contributed by atoms with Crippen LogP contribution in [0, 0.1) is 10.7 Å². The topological polar surface area (TPSA) is 83.5 Å². The summed E-state index contributed by atoms with van der Waals surface area (Å²) in [5.41, 5.74) is 0.306. The van der Waals surface area contributed by atoms with Crippen LogP contribution >= 0.6 is 67.8 Å². The lowest BCUT2D eigenvalue weighted by molar-refractivity contribution is 0.0386. The minimum atomic E-state index is -5.70. The molecule has 0 amide bonds. The Hall–Kier alpha value is 0.650. The van der Waals surface area contributed by atoms with E-state index in [1.54, 1.807) is 6.07 Å². The van der Waals surface area contributed by atoms with Gasteiger partial charge in [0.2, 0.25) is 0 Å². The lowest BCUT2D eigenvalue weighted by Gasteiger charge is -2.19. The van der Waals surface area contributed by atoms with E-state index in [0.717, 1.165) is 7.14 Å². The molecule has 5 nitrogen and oxygen atoms in total. The summed E-state index contributed by atoms with van der Waals surface area (Å²) in [5, 5.41) is -4.36. The van der Waals surface area contributed by atoms with Crippen LogP contribution in [0.2, 0.25) is 0 Å². The van der Waals surface area contributed by atoms with E-state index in [1.165, 1.54) is 0 Å². The molecule has 0 unspecified atom stereocenters. The number of ether oxygens (including phenoxy) is 1. The zero-order chi connectivity index (χ0) is 17.1. The number of esters is 1. The largest absolute Gasteiger partial charge is 0.743 e. The van der Waals surface area contributed by atoms with E-state index in [9.17, 15) is 26.5 Å². The van der Waals surface area contributed by atoms with E-state index in [4.69, 9.17) is 4.74 Å². The van der Waals surface area contributed by atoms with Crippen molar-refractivity contribution in [2.45, 2.75) is 18.1 Å². The first-order valence-electron chi connectivity index (χ1n) is 5.60. The number of carbonyl (C=O) groups is 1. The van der Waals surface area contributed by atoms with Crippen molar-refractivity contribution in [1.82, 2.24) is 0 Å². The Kier molecular flexibility index (Phi) is 7.67. The molecule has 0 heterocycles. The van der Waals surface area contributed by atoms with Gasteiger partial charge in [-0.2, -0.15) is 8.78 Å². The molecule has 0 spiro atoms. The van der Waals surface area contributed by atoms with E-state index in [1.807, 2.05) is 51.2 Å². The third-order valence-electron chi connectivity index (χ3n) is 2.42. The van der Waals surface area contributed by atoms with E-state index >= 15 is 0 Å². The van der Waals surface area contributed by atoms with Crippen LogP contribution < -0.4 is 0 Å². The van der Waals surface area contributed by atoms with Gasteiger partial charge in [-0.15, -0.1) is 0 Å². The van der Waals surface area contributed by atoms with Gasteiger partial charge in [-0.05, 0) is 86.3 Å². The second-order valence-corrected chi connectivity index (χ2v) is 9.07. The van der Waals surface area contributed by atoms with E-state index in [0.29, 0.717) is 9.13 Å². The molecule has 0 aliphatic heterocycles. The van der Waals surface area contributed by atoms with Crippen LogP contribution in [-0.2, 0) is 14.9 Å². The minimum Gasteiger partial charge on any atom is -0.743 e. The van der Waals surface area contributed by atoms with Gasteiger partial charge in [0.25, 0.3) is 0 Å². The number of hydrogen-bond donors (Lipinski definition) is 0. The van der Waals surface area contributed by atoms with Gasteiger partial charge in [0.05, 0.1) is 12.2 Å². The summed E-state index contributed by atoms with van der Waals surface area (Å²) >= 11 is 6.05. The Morgan fingerprint density at radius 2 is 1.86 bits per heavy atom. The third-order valence-corrected chi connectivity index (χ3v) is 7.03. The maximum absolute atomic E-state index is 12.9. The first kappa shape index (κ1) is 20.7. The maximum Gasteiger partial charge on any atom is 0.339 e. The molecule has 11 heteroatoms. The van der Waals surface area contributed by atoms with Gasteiger partial charge in [0, 0.05) is 17.1 Å². The Labute approximate surface area is 166 Å². The molecule has 1 aromatic carbocycles. The van der Waals surface area contributed by atoms with Crippen LogP contribution in [0.1, 0.15) is 23.2 Å². The lowest BCUT2D eigenvalue weighted by Crippen LogP contribution is -2.28. The molecule has 0 saturated heterocycles. The Morgan fingerprint density at radius 1 is 1.27 bits per heavy atom. The fourth-order valence-electron chi connectivity index (χ4n) is 1.35. The van der Waals surface area contributed by atoms with Crippen LogP contribution in [0.25, 0.3) is 0 Å². The van der Waals surface area contributed by atoms with E-state index in [-0.39, 0.29) is 0 Å². The van der Waals surface area contributed by atoms with E-state index < -0.39 is 40.8 Å². The summed E-state index contributed by atoms with van der Waals surface area (Å²) in [7, 11) is -5.70. The smallest absolute Gasteiger partial charge is 0.339 e. The van der Waals surface area contributed by atoms with Crippen molar-refractivity contribution < 1.29 is 31.3 Å². The lowest BCUT2D eigenvalue weighted by atomic mass is 10.2. The molecule has 1 rings (SSSR count). The molecule has 0 aromatic heterocycles. The average Bonchev–Trinajstić information content (AvgIpc) is 2.37. The first-order chi connectivity index (χ1) is 9.95. The normalized spacial score (nSPS) is 12.3. The summed E-state index contributed by atoms with van der Waals surface area (Å²) in [4.78, 5) is 11.9. The fraction of sp³-hybridized carbons (Fsp3) is 0.364. The minimum absolute atomic E-state index is 0.306. The van der Waals surface area contributed by atoms with Gasteiger partial charge in [0.15, 0.2) is 10.1 Å². The van der Waals surface area contributed by atoms with Crippen molar-refractivity contribution in [3.63, 3.8) is 0 Å². The number of benzene rings is 1. The second-order valence-electron chi connectivity index (χ2n) is 4.08. The number of rotatable bonds is 6. The molecular weight excluding hydrogens is 663 g/mol. The highest BCUT2D eigenvalue weighted by Crippen LogP contribution is 2.26. The predicted octanol–water partition coefficient (Wildman–Crippen LogP) is 3.58. The molecule has 0 bridgehead atoms. The molecule has 22 heavy (non-hydrogen) atoms. The molecule has 0 radical (unpaired) electrons.